The third kappa shape index (κ3) is 2.25. The molecular formula is C23H16N2O. The number of para-hydroxylation sites is 2. The molecule has 3 aromatic carbocycles. The second-order valence-corrected chi connectivity index (χ2v) is 6.38. The van der Waals surface area contributed by atoms with Crippen molar-refractivity contribution in [2.75, 3.05) is 5.32 Å². The van der Waals surface area contributed by atoms with Gasteiger partial charge in [0.1, 0.15) is 0 Å². The topological polar surface area (TPSA) is 44.9 Å². The van der Waals surface area contributed by atoms with Crippen LogP contribution in [0.4, 0.5) is 5.69 Å². The van der Waals surface area contributed by atoms with Crippen LogP contribution in [0, 0.1) is 0 Å². The summed E-state index contributed by atoms with van der Waals surface area (Å²) in [4.78, 5) is 16.1. The van der Waals surface area contributed by atoms with Crippen molar-refractivity contribution >= 4 is 34.1 Å². The number of hydrogen-bond acceptors (Lipinski definition) is 1. The summed E-state index contributed by atoms with van der Waals surface area (Å²) in [5.41, 5.74) is 6.73. The van der Waals surface area contributed by atoms with E-state index < -0.39 is 0 Å². The minimum absolute atomic E-state index is 0.0597. The quantitative estimate of drug-likeness (QED) is 0.478. The number of benzene rings is 3. The van der Waals surface area contributed by atoms with Gasteiger partial charge in [0.05, 0.1) is 5.69 Å². The SMILES string of the molecule is O=C1Nc2ccccc2/C1=C/c1c(-c2ccccc2)[nH]c2ccccc12. The van der Waals surface area contributed by atoms with Gasteiger partial charge in [0.15, 0.2) is 0 Å². The molecule has 3 heteroatoms. The van der Waals surface area contributed by atoms with E-state index in [1.807, 2.05) is 60.7 Å². The second kappa shape index (κ2) is 5.74. The van der Waals surface area contributed by atoms with Crippen LogP contribution in [0.25, 0.3) is 33.8 Å². The molecule has 3 nitrogen and oxygen atoms in total. The normalized spacial score (nSPS) is 14.6. The molecule has 2 heterocycles. The molecule has 0 fully saturated rings. The third-order valence-electron chi connectivity index (χ3n) is 4.81. The van der Waals surface area contributed by atoms with Crippen molar-refractivity contribution in [2.45, 2.75) is 0 Å². The zero-order chi connectivity index (χ0) is 17.5. The highest BCUT2D eigenvalue weighted by atomic mass is 16.2. The molecule has 1 aromatic heterocycles. The zero-order valence-electron chi connectivity index (χ0n) is 14.0. The second-order valence-electron chi connectivity index (χ2n) is 6.38. The molecule has 5 rings (SSSR count). The number of amides is 1. The molecule has 2 N–H and O–H groups in total. The van der Waals surface area contributed by atoms with E-state index in [-0.39, 0.29) is 5.91 Å². The van der Waals surface area contributed by atoms with Gasteiger partial charge in [-0.1, -0.05) is 66.7 Å². The van der Waals surface area contributed by atoms with E-state index in [1.54, 1.807) is 0 Å². The lowest BCUT2D eigenvalue weighted by Crippen LogP contribution is -2.03. The molecule has 0 bridgehead atoms. The number of aromatic amines is 1. The number of H-pyrrole nitrogens is 1. The molecule has 0 unspecified atom stereocenters. The van der Waals surface area contributed by atoms with Crippen molar-refractivity contribution in [3.05, 3.63) is 90.0 Å². The van der Waals surface area contributed by atoms with Gasteiger partial charge in [0.25, 0.3) is 5.91 Å². The van der Waals surface area contributed by atoms with Crippen molar-refractivity contribution < 1.29 is 4.79 Å². The summed E-state index contributed by atoms with van der Waals surface area (Å²) < 4.78 is 0. The number of aromatic nitrogens is 1. The number of carbonyl (C=O) groups excluding carboxylic acids is 1. The highest BCUT2D eigenvalue weighted by Crippen LogP contribution is 2.37. The maximum atomic E-state index is 12.6. The van der Waals surface area contributed by atoms with E-state index in [0.29, 0.717) is 5.57 Å². The largest absolute Gasteiger partial charge is 0.354 e. The summed E-state index contributed by atoms with van der Waals surface area (Å²) in [6.45, 7) is 0. The number of nitrogens with one attached hydrogen (secondary N) is 2. The molecule has 1 amide bonds. The van der Waals surface area contributed by atoms with Crippen molar-refractivity contribution in [3.63, 3.8) is 0 Å². The standard InChI is InChI=1S/C23H16N2O/c26-23-19(17-11-5-7-13-21(17)25-23)14-18-16-10-4-6-12-20(16)24-22(18)15-8-2-1-3-9-15/h1-14,24H,(H,25,26)/b19-14-. The Morgan fingerprint density at radius 1 is 0.769 bits per heavy atom. The van der Waals surface area contributed by atoms with Crippen molar-refractivity contribution in [3.8, 4) is 11.3 Å². The van der Waals surface area contributed by atoms with Crippen molar-refractivity contribution in [1.29, 1.82) is 0 Å². The lowest BCUT2D eigenvalue weighted by Gasteiger charge is -2.03. The molecule has 26 heavy (non-hydrogen) atoms. The fourth-order valence-corrected chi connectivity index (χ4v) is 3.57. The van der Waals surface area contributed by atoms with Crippen LogP contribution >= 0.6 is 0 Å². The lowest BCUT2D eigenvalue weighted by atomic mass is 10.00. The highest BCUT2D eigenvalue weighted by Gasteiger charge is 2.24. The molecule has 0 aliphatic carbocycles. The Morgan fingerprint density at radius 3 is 2.38 bits per heavy atom. The molecule has 4 aromatic rings. The van der Waals surface area contributed by atoms with Gasteiger partial charge >= 0.3 is 0 Å². The van der Waals surface area contributed by atoms with Crippen molar-refractivity contribution in [1.82, 2.24) is 4.98 Å². The Labute approximate surface area is 151 Å². The number of rotatable bonds is 2. The molecule has 1 aliphatic rings. The highest BCUT2D eigenvalue weighted by molar-refractivity contribution is 6.35. The summed E-state index contributed by atoms with van der Waals surface area (Å²) in [7, 11) is 0. The van der Waals surface area contributed by atoms with Gasteiger partial charge < -0.3 is 10.3 Å². The molecule has 0 saturated heterocycles. The number of carbonyl (C=O) groups is 1. The van der Waals surface area contributed by atoms with Crippen LogP contribution in [-0.4, -0.2) is 10.9 Å². The lowest BCUT2D eigenvalue weighted by molar-refractivity contribution is -0.110. The molecule has 0 atom stereocenters. The number of fused-ring (bicyclic) bond motifs is 2. The third-order valence-corrected chi connectivity index (χ3v) is 4.81. The fourth-order valence-electron chi connectivity index (χ4n) is 3.57. The van der Waals surface area contributed by atoms with Gasteiger partial charge in [0.2, 0.25) is 0 Å². The summed E-state index contributed by atoms with van der Waals surface area (Å²) in [6.07, 6.45) is 2.00. The number of hydrogen-bond donors (Lipinski definition) is 2. The first-order chi connectivity index (χ1) is 12.8. The van der Waals surface area contributed by atoms with Gasteiger partial charge in [-0.05, 0) is 23.8 Å². The van der Waals surface area contributed by atoms with Crippen molar-refractivity contribution in [2.24, 2.45) is 0 Å². The molecule has 124 valence electrons. The average molecular weight is 336 g/mol. The maximum absolute atomic E-state index is 12.6. The van der Waals surface area contributed by atoms with E-state index in [1.165, 1.54) is 0 Å². The fraction of sp³-hybridized carbons (Fsp3) is 0. The first-order valence-corrected chi connectivity index (χ1v) is 8.60. The van der Waals surface area contributed by atoms with Gasteiger partial charge in [-0.15, -0.1) is 0 Å². The minimum Gasteiger partial charge on any atom is -0.354 e. The predicted molar refractivity (Wildman–Crippen MR) is 107 cm³/mol. The first-order valence-electron chi connectivity index (χ1n) is 8.60. The molecule has 0 spiro atoms. The van der Waals surface area contributed by atoms with Crippen LogP contribution in [0.1, 0.15) is 11.1 Å². The summed E-state index contributed by atoms with van der Waals surface area (Å²) in [5.74, 6) is -0.0597. The smallest absolute Gasteiger partial charge is 0.256 e. The minimum atomic E-state index is -0.0597. The molecule has 1 aliphatic heterocycles. The first kappa shape index (κ1) is 14.7. The van der Waals surface area contributed by atoms with E-state index in [2.05, 4.69) is 34.6 Å². The van der Waals surface area contributed by atoms with Crippen LogP contribution < -0.4 is 5.32 Å². The van der Waals surface area contributed by atoms with Crippen LogP contribution in [-0.2, 0) is 4.79 Å². The Bertz CT molecular complexity index is 1170. The summed E-state index contributed by atoms with van der Waals surface area (Å²) in [6, 6.07) is 26.2. The van der Waals surface area contributed by atoms with Gasteiger partial charge in [-0.25, -0.2) is 0 Å². The Balaban J connectivity index is 1.78. The van der Waals surface area contributed by atoms with Gasteiger partial charge in [-0.2, -0.15) is 0 Å². The summed E-state index contributed by atoms with van der Waals surface area (Å²) in [5, 5.41) is 4.06. The van der Waals surface area contributed by atoms with Crippen LogP contribution in [0.5, 0.6) is 0 Å². The predicted octanol–water partition coefficient (Wildman–Crippen LogP) is 5.33. The van der Waals surface area contributed by atoms with E-state index >= 15 is 0 Å². The van der Waals surface area contributed by atoms with Gasteiger partial charge in [-0.3, -0.25) is 4.79 Å². The van der Waals surface area contributed by atoms with Crippen LogP contribution in [0.3, 0.4) is 0 Å². The Hall–Kier alpha value is -3.59. The molecule has 0 radical (unpaired) electrons. The van der Waals surface area contributed by atoms with E-state index in [4.69, 9.17) is 0 Å². The monoisotopic (exact) mass is 336 g/mol. The Kier molecular flexibility index (Phi) is 3.25. The number of anilines is 1. The molecule has 0 saturated carbocycles. The van der Waals surface area contributed by atoms with Gasteiger partial charge in [0, 0.05) is 33.3 Å². The zero-order valence-corrected chi connectivity index (χ0v) is 14.0. The van der Waals surface area contributed by atoms with E-state index in [9.17, 15) is 4.79 Å². The van der Waals surface area contributed by atoms with Crippen LogP contribution in [0.2, 0.25) is 0 Å². The summed E-state index contributed by atoms with van der Waals surface area (Å²) >= 11 is 0. The van der Waals surface area contributed by atoms with E-state index in [0.717, 1.165) is 39.0 Å². The Morgan fingerprint density at radius 2 is 1.50 bits per heavy atom. The molecular weight excluding hydrogens is 320 g/mol. The maximum Gasteiger partial charge on any atom is 0.256 e. The average Bonchev–Trinajstić information content (AvgIpc) is 3.21. The van der Waals surface area contributed by atoms with Crippen LogP contribution in [0.15, 0.2) is 78.9 Å².